The van der Waals surface area contributed by atoms with Crippen LogP contribution >= 0.6 is 11.3 Å². The van der Waals surface area contributed by atoms with Gasteiger partial charge < -0.3 is 23.5 Å². The average Bonchev–Trinajstić information content (AvgIpc) is 3.07. The minimum absolute atomic E-state index is 0.00334. The molecule has 0 radical (unpaired) electrons. The smallest absolute Gasteiger partial charge is 0.326 e. The number of esters is 1. The lowest BCUT2D eigenvalue weighted by molar-refractivity contribution is -0.143. The van der Waals surface area contributed by atoms with E-state index < -0.39 is 16.0 Å². The predicted octanol–water partition coefficient (Wildman–Crippen LogP) is 2.58. The van der Waals surface area contributed by atoms with Crippen molar-refractivity contribution in [3.8, 4) is 17.2 Å². The van der Waals surface area contributed by atoms with Crippen molar-refractivity contribution >= 4 is 37.5 Å². The average molecular weight is 467 g/mol. The Kier molecular flexibility index (Phi) is 6.86. The van der Waals surface area contributed by atoms with Gasteiger partial charge in [-0.1, -0.05) is 11.3 Å². The predicted molar refractivity (Wildman–Crippen MR) is 115 cm³/mol. The van der Waals surface area contributed by atoms with Crippen LogP contribution in [0.15, 0.2) is 45.7 Å². The molecule has 0 bridgehead atoms. The topological polar surface area (TPSA) is 105 Å². The van der Waals surface area contributed by atoms with Crippen molar-refractivity contribution in [3.05, 3.63) is 41.2 Å². The lowest BCUT2D eigenvalue weighted by Crippen LogP contribution is -2.23. The lowest BCUT2D eigenvalue weighted by Gasteiger charge is -2.09. The first-order valence-electron chi connectivity index (χ1n) is 9.19. The molecule has 0 aliphatic rings. The van der Waals surface area contributed by atoms with E-state index in [1.54, 1.807) is 19.1 Å². The molecule has 11 heteroatoms. The zero-order valence-electron chi connectivity index (χ0n) is 17.4. The van der Waals surface area contributed by atoms with Crippen LogP contribution in [-0.4, -0.2) is 46.9 Å². The van der Waals surface area contributed by atoms with Gasteiger partial charge in [0.25, 0.3) is 10.0 Å². The molecule has 1 heterocycles. The highest BCUT2D eigenvalue weighted by atomic mass is 32.2. The number of sulfonamides is 1. The van der Waals surface area contributed by atoms with E-state index in [9.17, 15) is 13.2 Å². The maximum atomic E-state index is 12.9. The number of carbonyl (C=O) groups excluding carboxylic acids is 1. The first-order valence-corrected chi connectivity index (χ1v) is 11.4. The maximum Gasteiger partial charge on any atom is 0.326 e. The van der Waals surface area contributed by atoms with Gasteiger partial charge in [-0.25, -0.2) is 0 Å². The largest absolute Gasteiger partial charge is 0.497 e. The van der Waals surface area contributed by atoms with E-state index in [1.165, 1.54) is 50.2 Å². The second-order valence-corrected chi connectivity index (χ2v) is 8.81. The third-order valence-corrected chi connectivity index (χ3v) is 6.77. The number of aromatic nitrogens is 1. The molecule has 166 valence electrons. The molecule has 0 atom stereocenters. The Morgan fingerprint density at radius 3 is 2.26 bits per heavy atom. The molecular weight excluding hydrogens is 444 g/mol. The van der Waals surface area contributed by atoms with Crippen LogP contribution in [-0.2, 0) is 26.1 Å². The van der Waals surface area contributed by atoms with Gasteiger partial charge in [0.15, 0.2) is 11.5 Å². The van der Waals surface area contributed by atoms with Gasteiger partial charge in [-0.05, 0) is 31.2 Å². The number of rotatable bonds is 8. The number of thiazole rings is 1. The summed E-state index contributed by atoms with van der Waals surface area (Å²) in [6, 6.07) is 9.27. The highest BCUT2D eigenvalue weighted by Gasteiger charge is 2.18. The van der Waals surface area contributed by atoms with Gasteiger partial charge in [0.05, 0.1) is 43.0 Å². The number of hydrogen-bond acceptors (Lipinski definition) is 8. The van der Waals surface area contributed by atoms with Gasteiger partial charge in [-0.15, -0.1) is 4.40 Å². The molecule has 9 nitrogen and oxygen atoms in total. The van der Waals surface area contributed by atoms with Crippen molar-refractivity contribution < 1.29 is 32.2 Å². The van der Waals surface area contributed by atoms with Gasteiger partial charge in [-0.2, -0.15) is 8.42 Å². The molecular formula is C20H22N2O7S2. The summed E-state index contributed by atoms with van der Waals surface area (Å²) in [4.78, 5) is 12.3. The third-order valence-electron chi connectivity index (χ3n) is 4.34. The number of methoxy groups -OCH3 is 3. The quantitative estimate of drug-likeness (QED) is 0.470. The number of carbonyl (C=O) groups is 1. The van der Waals surface area contributed by atoms with Crippen molar-refractivity contribution in [2.24, 2.45) is 4.40 Å². The summed E-state index contributed by atoms with van der Waals surface area (Å²) in [6.07, 6.45) is 0. The van der Waals surface area contributed by atoms with Crippen molar-refractivity contribution in [2.75, 3.05) is 27.9 Å². The maximum absolute atomic E-state index is 12.9. The van der Waals surface area contributed by atoms with E-state index >= 15 is 0 Å². The van der Waals surface area contributed by atoms with Crippen molar-refractivity contribution in [3.63, 3.8) is 0 Å². The fraction of sp³-hybridized carbons (Fsp3) is 0.300. The summed E-state index contributed by atoms with van der Waals surface area (Å²) < 4.78 is 52.8. The second kappa shape index (κ2) is 9.40. The first-order chi connectivity index (χ1) is 14.8. The van der Waals surface area contributed by atoms with E-state index in [2.05, 4.69) is 4.40 Å². The molecule has 3 aromatic rings. The highest BCUT2D eigenvalue weighted by molar-refractivity contribution is 7.90. The van der Waals surface area contributed by atoms with Crippen LogP contribution in [0.1, 0.15) is 6.92 Å². The van der Waals surface area contributed by atoms with Gasteiger partial charge >= 0.3 is 5.97 Å². The Bertz CT molecular complexity index is 1260. The molecule has 0 fully saturated rings. The van der Waals surface area contributed by atoms with Crippen molar-refractivity contribution in [2.45, 2.75) is 18.4 Å². The minimum Gasteiger partial charge on any atom is -0.497 e. The number of hydrogen-bond donors (Lipinski definition) is 0. The van der Waals surface area contributed by atoms with Crippen LogP contribution in [0.3, 0.4) is 0 Å². The molecule has 1 aromatic heterocycles. The van der Waals surface area contributed by atoms with E-state index in [-0.39, 0.29) is 22.8 Å². The molecule has 31 heavy (non-hydrogen) atoms. The molecule has 0 aliphatic carbocycles. The summed E-state index contributed by atoms with van der Waals surface area (Å²) in [6.45, 7) is 1.69. The Morgan fingerprint density at radius 1 is 1.03 bits per heavy atom. The molecule has 3 rings (SSSR count). The van der Waals surface area contributed by atoms with Crippen molar-refractivity contribution in [1.29, 1.82) is 0 Å². The zero-order chi connectivity index (χ0) is 22.6. The van der Waals surface area contributed by atoms with E-state index in [4.69, 9.17) is 18.9 Å². The van der Waals surface area contributed by atoms with Crippen LogP contribution in [0.25, 0.3) is 10.2 Å². The van der Waals surface area contributed by atoms with E-state index in [0.717, 1.165) is 11.3 Å². The first kappa shape index (κ1) is 22.6. The van der Waals surface area contributed by atoms with Crippen molar-refractivity contribution in [1.82, 2.24) is 4.57 Å². The molecule has 0 spiro atoms. The Morgan fingerprint density at radius 2 is 1.68 bits per heavy atom. The number of benzene rings is 2. The Labute approximate surface area is 183 Å². The third kappa shape index (κ3) is 4.83. The molecule has 0 amide bonds. The molecule has 2 aromatic carbocycles. The molecule has 0 aliphatic heterocycles. The monoisotopic (exact) mass is 466 g/mol. The Balaban J connectivity index is 2.22. The van der Waals surface area contributed by atoms with Crippen LogP contribution in [0, 0.1) is 0 Å². The summed E-state index contributed by atoms with van der Waals surface area (Å²) in [5.41, 5.74) is 0.569. The molecule has 0 unspecified atom stereocenters. The summed E-state index contributed by atoms with van der Waals surface area (Å²) in [5.74, 6) is 0.928. The number of nitrogens with zero attached hydrogens (tertiary/aromatic N) is 2. The second-order valence-electron chi connectivity index (χ2n) is 6.19. The van der Waals surface area contributed by atoms with E-state index in [0.29, 0.717) is 27.5 Å². The normalized spacial score (nSPS) is 12.1. The zero-order valence-corrected chi connectivity index (χ0v) is 19.1. The van der Waals surface area contributed by atoms with Gasteiger partial charge in [0.2, 0.25) is 4.80 Å². The van der Waals surface area contributed by atoms with Crippen LogP contribution in [0.2, 0.25) is 0 Å². The SMILES string of the molecule is CCOC(=O)Cn1c(=NS(=O)(=O)c2ccc(OC)cc2)sc2cc(OC)c(OC)cc21. The molecule has 0 saturated carbocycles. The fourth-order valence-electron chi connectivity index (χ4n) is 2.86. The number of fused-ring (bicyclic) bond motifs is 1. The van der Waals surface area contributed by atoms with Gasteiger partial charge in [-0.3, -0.25) is 4.79 Å². The fourth-order valence-corrected chi connectivity index (χ4v) is 5.10. The van der Waals surface area contributed by atoms with Crippen LogP contribution in [0.4, 0.5) is 0 Å². The Hall–Kier alpha value is -3.05. The van der Waals surface area contributed by atoms with Gasteiger partial charge in [0, 0.05) is 12.1 Å². The molecule has 0 N–H and O–H groups in total. The summed E-state index contributed by atoms with van der Waals surface area (Å²) in [7, 11) is 0.443. The van der Waals surface area contributed by atoms with Gasteiger partial charge in [0.1, 0.15) is 12.3 Å². The highest BCUT2D eigenvalue weighted by Crippen LogP contribution is 2.33. The minimum atomic E-state index is -4.04. The van der Waals surface area contributed by atoms with Crippen LogP contribution < -0.4 is 19.0 Å². The summed E-state index contributed by atoms with van der Waals surface area (Å²) in [5, 5.41) is 0. The molecule has 0 saturated heterocycles. The number of ether oxygens (including phenoxy) is 4. The summed E-state index contributed by atoms with van der Waals surface area (Å²) >= 11 is 1.11. The van der Waals surface area contributed by atoms with Crippen LogP contribution in [0.5, 0.6) is 17.2 Å². The van der Waals surface area contributed by atoms with E-state index in [1.807, 2.05) is 0 Å². The standard InChI is InChI=1S/C20H22N2O7S2/c1-5-29-19(23)12-22-15-10-16(27-3)17(28-4)11-18(15)30-20(22)21-31(24,25)14-8-6-13(26-2)7-9-14/h6-11H,5,12H2,1-4H3. The lowest BCUT2D eigenvalue weighted by atomic mass is 10.3.